The molecule has 1 aromatic carbocycles. The normalized spacial score (nSPS) is 22.6. The van der Waals surface area contributed by atoms with Gasteiger partial charge in [0.25, 0.3) is 0 Å². The summed E-state index contributed by atoms with van der Waals surface area (Å²) in [6.07, 6.45) is 4.61. The lowest BCUT2D eigenvalue weighted by molar-refractivity contribution is 0.181. The Morgan fingerprint density at radius 2 is 2.30 bits per heavy atom. The van der Waals surface area contributed by atoms with Crippen molar-refractivity contribution >= 4 is 0 Å². The van der Waals surface area contributed by atoms with E-state index >= 15 is 0 Å². The molecule has 2 heterocycles. The molecular formula is C17H25NO2. The second-order valence-corrected chi connectivity index (χ2v) is 5.94. The topological polar surface area (TPSA) is 30.5 Å². The minimum absolute atomic E-state index is 0.451. The zero-order valence-corrected chi connectivity index (χ0v) is 12.4. The molecule has 20 heavy (non-hydrogen) atoms. The van der Waals surface area contributed by atoms with Crippen molar-refractivity contribution in [3.63, 3.8) is 0 Å². The Labute approximate surface area is 121 Å². The summed E-state index contributed by atoms with van der Waals surface area (Å²) in [6.45, 7) is 5.99. The van der Waals surface area contributed by atoms with Gasteiger partial charge in [-0.3, -0.25) is 0 Å². The Morgan fingerprint density at radius 3 is 3.10 bits per heavy atom. The van der Waals surface area contributed by atoms with E-state index in [2.05, 4.69) is 30.4 Å². The van der Waals surface area contributed by atoms with Crippen LogP contribution >= 0.6 is 0 Å². The average molecular weight is 275 g/mol. The zero-order valence-electron chi connectivity index (χ0n) is 12.4. The fraction of sp³-hybridized carbons (Fsp3) is 0.647. The van der Waals surface area contributed by atoms with Crippen molar-refractivity contribution in [3.8, 4) is 5.75 Å². The molecule has 110 valence electrons. The molecule has 3 rings (SSSR count). The highest BCUT2D eigenvalue weighted by atomic mass is 16.5. The molecular weight excluding hydrogens is 250 g/mol. The SMILES string of the molecule is CCCNC(CC1CCOC1)c1ccc2c(c1)CCO2. The lowest BCUT2D eigenvalue weighted by atomic mass is 9.93. The van der Waals surface area contributed by atoms with Crippen LogP contribution in [0.4, 0.5) is 0 Å². The van der Waals surface area contributed by atoms with Gasteiger partial charge in [0.05, 0.1) is 6.61 Å². The zero-order chi connectivity index (χ0) is 13.8. The summed E-state index contributed by atoms with van der Waals surface area (Å²) in [5.74, 6) is 1.78. The molecule has 0 amide bonds. The van der Waals surface area contributed by atoms with E-state index in [-0.39, 0.29) is 0 Å². The summed E-state index contributed by atoms with van der Waals surface area (Å²) in [5.41, 5.74) is 2.78. The molecule has 0 radical (unpaired) electrons. The first-order valence-electron chi connectivity index (χ1n) is 7.93. The molecule has 2 aliphatic heterocycles. The van der Waals surface area contributed by atoms with Crippen LogP contribution in [0, 0.1) is 5.92 Å². The molecule has 1 aromatic rings. The highest BCUT2D eigenvalue weighted by molar-refractivity contribution is 5.40. The van der Waals surface area contributed by atoms with E-state index < -0.39 is 0 Å². The highest BCUT2D eigenvalue weighted by Crippen LogP contribution is 2.31. The van der Waals surface area contributed by atoms with Gasteiger partial charge in [0.1, 0.15) is 5.75 Å². The van der Waals surface area contributed by atoms with Gasteiger partial charge in [0.2, 0.25) is 0 Å². The fourth-order valence-corrected chi connectivity index (χ4v) is 3.18. The molecule has 1 saturated heterocycles. The Bertz CT molecular complexity index is 441. The van der Waals surface area contributed by atoms with Gasteiger partial charge in [-0.15, -0.1) is 0 Å². The van der Waals surface area contributed by atoms with Gasteiger partial charge in [-0.1, -0.05) is 19.1 Å². The van der Waals surface area contributed by atoms with Crippen LogP contribution in [0.2, 0.25) is 0 Å². The van der Waals surface area contributed by atoms with Crippen LogP contribution in [0.15, 0.2) is 18.2 Å². The second-order valence-electron chi connectivity index (χ2n) is 5.94. The van der Waals surface area contributed by atoms with E-state index in [1.54, 1.807) is 0 Å². The van der Waals surface area contributed by atoms with Gasteiger partial charge >= 0.3 is 0 Å². The van der Waals surface area contributed by atoms with Crippen molar-refractivity contribution in [2.45, 2.75) is 38.6 Å². The standard InChI is InChI=1S/C17H25NO2/c1-2-7-18-16(10-13-5-8-19-12-13)14-3-4-17-15(11-14)6-9-20-17/h3-4,11,13,16,18H,2,5-10,12H2,1H3. The van der Waals surface area contributed by atoms with E-state index in [9.17, 15) is 0 Å². The van der Waals surface area contributed by atoms with Gasteiger partial charge in [0.15, 0.2) is 0 Å². The number of benzene rings is 1. The summed E-state index contributed by atoms with van der Waals surface area (Å²) in [5, 5.41) is 3.71. The van der Waals surface area contributed by atoms with Crippen LogP contribution in [0.5, 0.6) is 5.75 Å². The molecule has 1 fully saturated rings. The van der Waals surface area contributed by atoms with Gasteiger partial charge in [-0.05, 0) is 48.9 Å². The monoisotopic (exact) mass is 275 g/mol. The number of fused-ring (bicyclic) bond motifs is 1. The van der Waals surface area contributed by atoms with Crippen LogP contribution < -0.4 is 10.1 Å². The average Bonchev–Trinajstić information content (AvgIpc) is 3.13. The molecule has 1 N–H and O–H groups in total. The summed E-state index contributed by atoms with van der Waals surface area (Å²) in [6, 6.07) is 7.16. The lowest BCUT2D eigenvalue weighted by Gasteiger charge is -2.22. The highest BCUT2D eigenvalue weighted by Gasteiger charge is 2.23. The van der Waals surface area contributed by atoms with Crippen molar-refractivity contribution in [1.29, 1.82) is 0 Å². The van der Waals surface area contributed by atoms with E-state index in [0.29, 0.717) is 12.0 Å². The number of nitrogens with one attached hydrogen (secondary N) is 1. The largest absolute Gasteiger partial charge is 0.493 e. The third-order valence-corrected chi connectivity index (χ3v) is 4.35. The predicted octanol–water partition coefficient (Wildman–Crippen LogP) is 3.09. The van der Waals surface area contributed by atoms with Gasteiger partial charge in [-0.25, -0.2) is 0 Å². The number of ether oxygens (including phenoxy) is 2. The van der Waals surface area contributed by atoms with Crippen molar-refractivity contribution in [3.05, 3.63) is 29.3 Å². The number of rotatable bonds is 6. The first kappa shape index (κ1) is 13.9. The van der Waals surface area contributed by atoms with Crippen LogP contribution in [0.3, 0.4) is 0 Å². The van der Waals surface area contributed by atoms with E-state index in [4.69, 9.17) is 9.47 Å². The van der Waals surface area contributed by atoms with Crippen LogP contribution in [0.25, 0.3) is 0 Å². The molecule has 0 bridgehead atoms. The maximum absolute atomic E-state index is 5.61. The summed E-state index contributed by atoms with van der Waals surface area (Å²) < 4.78 is 11.1. The third kappa shape index (κ3) is 3.15. The minimum atomic E-state index is 0.451. The van der Waals surface area contributed by atoms with E-state index in [1.807, 2.05) is 0 Å². The predicted molar refractivity (Wildman–Crippen MR) is 80.2 cm³/mol. The lowest BCUT2D eigenvalue weighted by Crippen LogP contribution is -2.24. The number of hydrogen-bond acceptors (Lipinski definition) is 3. The molecule has 0 spiro atoms. The van der Waals surface area contributed by atoms with Gasteiger partial charge in [0, 0.05) is 25.7 Å². The third-order valence-electron chi connectivity index (χ3n) is 4.35. The first-order valence-corrected chi connectivity index (χ1v) is 7.93. The first-order chi connectivity index (χ1) is 9.86. The maximum Gasteiger partial charge on any atom is 0.122 e. The quantitative estimate of drug-likeness (QED) is 0.865. The fourth-order valence-electron chi connectivity index (χ4n) is 3.18. The maximum atomic E-state index is 5.61. The molecule has 0 saturated carbocycles. The molecule has 3 nitrogen and oxygen atoms in total. The van der Waals surface area contributed by atoms with Crippen molar-refractivity contribution in [2.24, 2.45) is 5.92 Å². The van der Waals surface area contributed by atoms with Crippen molar-refractivity contribution < 1.29 is 9.47 Å². The Balaban J connectivity index is 1.73. The Morgan fingerprint density at radius 1 is 1.35 bits per heavy atom. The summed E-state index contributed by atoms with van der Waals surface area (Å²) in [7, 11) is 0. The van der Waals surface area contributed by atoms with Crippen molar-refractivity contribution in [1.82, 2.24) is 5.32 Å². The summed E-state index contributed by atoms with van der Waals surface area (Å²) in [4.78, 5) is 0. The molecule has 2 unspecified atom stereocenters. The minimum Gasteiger partial charge on any atom is -0.493 e. The van der Waals surface area contributed by atoms with Crippen molar-refractivity contribution in [2.75, 3.05) is 26.4 Å². The number of hydrogen-bond donors (Lipinski definition) is 1. The molecule has 2 atom stereocenters. The van der Waals surface area contributed by atoms with Crippen LogP contribution in [0.1, 0.15) is 43.4 Å². The Kier molecular flexibility index (Phi) is 4.58. The Hall–Kier alpha value is -1.06. The molecule has 2 aliphatic rings. The van der Waals surface area contributed by atoms with Crippen LogP contribution in [-0.4, -0.2) is 26.4 Å². The smallest absolute Gasteiger partial charge is 0.122 e. The van der Waals surface area contributed by atoms with E-state index in [0.717, 1.165) is 38.5 Å². The molecule has 0 aliphatic carbocycles. The summed E-state index contributed by atoms with van der Waals surface area (Å²) >= 11 is 0. The second kappa shape index (κ2) is 6.59. The van der Waals surface area contributed by atoms with Crippen LogP contribution in [-0.2, 0) is 11.2 Å². The van der Waals surface area contributed by atoms with Gasteiger partial charge < -0.3 is 14.8 Å². The van der Waals surface area contributed by atoms with E-state index in [1.165, 1.54) is 30.4 Å². The molecule has 3 heteroatoms. The molecule has 0 aromatic heterocycles. The van der Waals surface area contributed by atoms with Gasteiger partial charge in [-0.2, -0.15) is 0 Å².